The zero-order valence-electron chi connectivity index (χ0n) is 36.9. The summed E-state index contributed by atoms with van der Waals surface area (Å²) in [4.78, 5) is 25.5. The van der Waals surface area contributed by atoms with Gasteiger partial charge < -0.3 is 64.2 Å². The first-order chi connectivity index (χ1) is 29.5. The van der Waals surface area contributed by atoms with Crippen LogP contribution in [0.2, 0.25) is 0 Å². The molecule has 2 saturated heterocycles. The maximum absolute atomic E-state index is 12.9. The Kier molecular flexibility index (Phi) is 30.7. The maximum Gasteiger partial charge on any atom is 0.306 e. The van der Waals surface area contributed by atoms with Crippen LogP contribution in [0, 0.1) is 0 Å². The zero-order chi connectivity index (χ0) is 44.7. The van der Waals surface area contributed by atoms with E-state index in [1.54, 1.807) is 0 Å². The van der Waals surface area contributed by atoms with Crippen molar-refractivity contribution in [2.75, 3.05) is 26.4 Å². The van der Waals surface area contributed by atoms with Gasteiger partial charge in [-0.15, -0.1) is 0 Å². The van der Waals surface area contributed by atoms with Crippen molar-refractivity contribution in [1.29, 1.82) is 0 Å². The molecule has 0 bridgehead atoms. The van der Waals surface area contributed by atoms with Crippen molar-refractivity contribution in [2.24, 2.45) is 0 Å². The Bertz CT molecular complexity index is 1210. The minimum Gasteiger partial charge on any atom is -0.462 e. The molecule has 0 amide bonds. The summed E-state index contributed by atoms with van der Waals surface area (Å²) in [6.45, 7) is 2.47. The number of carbonyl (C=O) groups is 2. The van der Waals surface area contributed by atoms with Crippen molar-refractivity contribution in [2.45, 2.75) is 216 Å². The van der Waals surface area contributed by atoms with E-state index in [0.717, 1.165) is 38.5 Å². The van der Waals surface area contributed by atoms with Crippen LogP contribution in [-0.2, 0) is 38.0 Å². The summed E-state index contributed by atoms with van der Waals surface area (Å²) in [5.41, 5.74) is 0. The van der Waals surface area contributed by atoms with Crippen LogP contribution in [0.1, 0.15) is 149 Å². The Balaban J connectivity index is 1.86. The van der Waals surface area contributed by atoms with Gasteiger partial charge in [-0.25, -0.2) is 0 Å². The van der Waals surface area contributed by atoms with Crippen molar-refractivity contribution in [3.63, 3.8) is 0 Å². The van der Waals surface area contributed by atoms with Crippen LogP contribution in [0.5, 0.6) is 0 Å². The van der Waals surface area contributed by atoms with Gasteiger partial charge in [-0.1, -0.05) is 127 Å². The number of hydrogen-bond donors (Lipinski definition) is 7. The highest BCUT2D eigenvalue weighted by molar-refractivity contribution is 5.70. The van der Waals surface area contributed by atoms with Gasteiger partial charge in [-0.05, 0) is 44.9 Å². The maximum atomic E-state index is 12.9. The third-order valence-electron chi connectivity index (χ3n) is 10.9. The molecule has 0 aliphatic carbocycles. The predicted molar refractivity (Wildman–Crippen MR) is 229 cm³/mol. The molecule has 0 aromatic rings. The van der Waals surface area contributed by atoms with Gasteiger partial charge in [0.05, 0.1) is 19.8 Å². The van der Waals surface area contributed by atoms with Gasteiger partial charge in [0.25, 0.3) is 0 Å². The monoisotopic (exact) mass is 873 g/mol. The van der Waals surface area contributed by atoms with Crippen LogP contribution in [0.3, 0.4) is 0 Å². The van der Waals surface area contributed by atoms with E-state index in [9.17, 15) is 45.3 Å². The van der Waals surface area contributed by atoms with Gasteiger partial charge in [0.15, 0.2) is 18.7 Å². The molecule has 2 heterocycles. The number of hydrogen-bond acceptors (Lipinski definition) is 15. The zero-order valence-corrected chi connectivity index (χ0v) is 36.9. The molecule has 4 unspecified atom stereocenters. The van der Waals surface area contributed by atoms with Crippen LogP contribution >= 0.6 is 0 Å². The smallest absolute Gasteiger partial charge is 0.306 e. The molecule has 15 nitrogen and oxygen atoms in total. The topological polar surface area (TPSA) is 231 Å². The van der Waals surface area contributed by atoms with Crippen molar-refractivity contribution in [1.82, 2.24) is 0 Å². The van der Waals surface area contributed by atoms with Crippen LogP contribution in [0.25, 0.3) is 0 Å². The average molecular weight is 873 g/mol. The average Bonchev–Trinajstić information content (AvgIpc) is 3.25. The summed E-state index contributed by atoms with van der Waals surface area (Å²) < 4.78 is 33.3. The van der Waals surface area contributed by atoms with Crippen LogP contribution < -0.4 is 0 Å². The lowest BCUT2D eigenvalue weighted by Crippen LogP contribution is -2.61. The molecule has 2 aliphatic rings. The molecule has 0 radical (unpaired) electrons. The van der Waals surface area contributed by atoms with E-state index in [-0.39, 0.29) is 19.4 Å². The highest BCUT2D eigenvalue weighted by Crippen LogP contribution is 2.26. The van der Waals surface area contributed by atoms with E-state index >= 15 is 0 Å². The van der Waals surface area contributed by atoms with Crippen LogP contribution in [0.15, 0.2) is 36.5 Å². The number of esters is 2. The Hall–Kier alpha value is -2.28. The van der Waals surface area contributed by atoms with E-state index in [1.807, 2.05) is 12.2 Å². The molecule has 0 spiro atoms. The lowest BCUT2D eigenvalue weighted by molar-refractivity contribution is -0.332. The number of allylic oxidation sites excluding steroid dienone is 6. The van der Waals surface area contributed by atoms with E-state index < -0.39 is 99.3 Å². The lowest BCUT2D eigenvalue weighted by atomic mass is 9.98. The summed E-state index contributed by atoms with van der Waals surface area (Å²) in [5, 5.41) is 71.8. The minimum atomic E-state index is -1.77. The molecule has 354 valence electrons. The van der Waals surface area contributed by atoms with Gasteiger partial charge in [0.2, 0.25) is 0 Å². The van der Waals surface area contributed by atoms with Gasteiger partial charge in [-0.2, -0.15) is 0 Å². The number of rotatable bonds is 34. The fourth-order valence-corrected chi connectivity index (χ4v) is 7.00. The molecule has 2 rings (SSSR count). The minimum absolute atomic E-state index is 0.0944. The Labute approximate surface area is 364 Å². The Morgan fingerprint density at radius 3 is 1.59 bits per heavy atom. The molecular weight excluding hydrogens is 792 g/mol. The lowest BCUT2D eigenvalue weighted by Gasteiger charge is -2.42. The fourth-order valence-electron chi connectivity index (χ4n) is 7.00. The van der Waals surface area contributed by atoms with E-state index in [1.165, 1.54) is 64.2 Å². The van der Waals surface area contributed by atoms with Gasteiger partial charge in [0.1, 0.15) is 55.4 Å². The number of aliphatic hydroxyl groups is 7. The summed E-state index contributed by atoms with van der Waals surface area (Å²) in [7, 11) is 0. The van der Waals surface area contributed by atoms with Gasteiger partial charge in [0, 0.05) is 12.8 Å². The first-order valence-electron chi connectivity index (χ1n) is 23.1. The first-order valence-corrected chi connectivity index (χ1v) is 23.1. The molecule has 11 atom stereocenters. The summed E-state index contributed by atoms with van der Waals surface area (Å²) >= 11 is 0. The molecule has 2 fully saturated rings. The molecule has 0 aromatic carbocycles. The molecule has 0 aromatic heterocycles. The summed E-state index contributed by atoms with van der Waals surface area (Å²) in [5.74, 6) is -0.992. The number of aliphatic hydroxyl groups excluding tert-OH is 7. The Morgan fingerprint density at radius 1 is 0.525 bits per heavy atom. The van der Waals surface area contributed by atoms with Crippen molar-refractivity contribution in [3.8, 4) is 0 Å². The molecule has 0 saturated carbocycles. The second-order valence-corrected chi connectivity index (χ2v) is 16.2. The number of carbonyl (C=O) groups excluding carboxylic acids is 2. The van der Waals surface area contributed by atoms with E-state index in [4.69, 9.17) is 28.4 Å². The molecule has 7 N–H and O–H groups in total. The third-order valence-corrected chi connectivity index (χ3v) is 10.9. The van der Waals surface area contributed by atoms with Gasteiger partial charge in [-0.3, -0.25) is 9.59 Å². The Morgan fingerprint density at radius 2 is 1.00 bits per heavy atom. The van der Waals surface area contributed by atoms with Crippen LogP contribution in [-0.4, -0.2) is 142 Å². The molecule has 2 aliphatic heterocycles. The van der Waals surface area contributed by atoms with Crippen molar-refractivity contribution >= 4 is 11.9 Å². The summed E-state index contributed by atoms with van der Waals surface area (Å²) in [6, 6.07) is 0. The molecular formula is C46H80O15. The van der Waals surface area contributed by atoms with Crippen molar-refractivity contribution in [3.05, 3.63) is 36.5 Å². The van der Waals surface area contributed by atoms with E-state index in [2.05, 4.69) is 38.2 Å². The first kappa shape index (κ1) is 54.9. The second-order valence-electron chi connectivity index (χ2n) is 16.2. The van der Waals surface area contributed by atoms with E-state index in [0.29, 0.717) is 19.3 Å². The fraction of sp³-hybridized carbons (Fsp3) is 0.826. The highest BCUT2D eigenvalue weighted by atomic mass is 16.7. The normalized spacial score (nSPS) is 27.6. The largest absolute Gasteiger partial charge is 0.462 e. The summed E-state index contributed by atoms with van der Waals surface area (Å²) in [6.07, 6.45) is 16.4. The predicted octanol–water partition coefficient (Wildman–Crippen LogP) is 4.98. The number of ether oxygens (including phenoxy) is 6. The quantitative estimate of drug-likeness (QED) is 0.0257. The van der Waals surface area contributed by atoms with Gasteiger partial charge >= 0.3 is 11.9 Å². The van der Waals surface area contributed by atoms with Crippen LogP contribution in [0.4, 0.5) is 0 Å². The number of unbranched alkanes of at least 4 members (excludes halogenated alkanes) is 14. The highest BCUT2D eigenvalue weighted by Gasteiger charge is 2.47. The molecule has 15 heteroatoms. The second kappa shape index (κ2) is 34.2. The van der Waals surface area contributed by atoms with Crippen molar-refractivity contribution < 1.29 is 73.8 Å². The SMILES string of the molecule is CCCCCCCC/C=C/C/C=C/C/C=C/CCCC(=O)O[C@H](COC(=O)CCCCCCCCCC)CO[C@H]1O[C@@H](CO[C@H]2O[C@@H](CO)[C@@H](O)C(O)C2O)[C@@H](O)C(O)C1O. The molecule has 61 heavy (non-hydrogen) atoms. The third kappa shape index (κ3) is 23.3. The standard InChI is InChI=1S/C46H80O15/c1-3-5-7-9-11-13-14-15-16-17-18-19-20-21-23-25-27-29-38(49)59-34(31-56-37(48)28-26-24-22-12-10-8-6-4-2)32-57-45-44(55)42(53)40(51)36(61-45)33-58-46-43(54)41(52)39(50)35(30-47)60-46/h15-16,18-19,21,23,34-36,39-47,50-55H,3-14,17,20,22,24-33H2,1-2H3/b16-15+,19-18+,23-21+/t34-,35+,36+,39-,40-,41?,42?,43?,44?,45+,46+/m1/s1.